The Kier molecular flexibility index (Phi) is 4.11. The number of hydrogen-bond donors (Lipinski definition) is 1. The van der Waals surface area contributed by atoms with Gasteiger partial charge in [0.2, 0.25) is 0 Å². The molecule has 1 amide bonds. The number of anilines is 1. The maximum atomic E-state index is 12.6. The molecule has 26 heavy (non-hydrogen) atoms. The zero-order valence-corrected chi connectivity index (χ0v) is 14.2. The van der Waals surface area contributed by atoms with Gasteiger partial charge in [-0.25, -0.2) is 4.98 Å². The number of nitrogens with one attached hydrogen (secondary N) is 1. The first-order valence-corrected chi connectivity index (χ1v) is 8.20. The van der Waals surface area contributed by atoms with E-state index >= 15 is 0 Å². The van der Waals surface area contributed by atoms with Crippen LogP contribution in [0.25, 0.3) is 16.5 Å². The Labute approximate surface area is 150 Å². The summed E-state index contributed by atoms with van der Waals surface area (Å²) in [5.74, 6) is 0.650. The van der Waals surface area contributed by atoms with E-state index in [0.29, 0.717) is 5.56 Å². The first-order valence-electron chi connectivity index (χ1n) is 8.20. The van der Waals surface area contributed by atoms with Crippen LogP contribution < -0.4 is 10.1 Å². The first kappa shape index (κ1) is 15.9. The number of hydrogen-bond acceptors (Lipinski definition) is 3. The molecule has 0 spiro atoms. The van der Waals surface area contributed by atoms with Crippen molar-refractivity contribution in [3.8, 4) is 11.4 Å². The average Bonchev–Trinajstić information content (AvgIpc) is 3.22. The van der Waals surface area contributed by atoms with Crippen LogP contribution in [0, 0.1) is 0 Å². The van der Waals surface area contributed by atoms with Crippen molar-refractivity contribution in [3.05, 3.63) is 84.9 Å². The maximum Gasteiger partial charge on any atom is 0.255 e. The number of aromatic nitrogens is 2. The van der Waals surface area contributed by atoms with Crippen molar-refractivity contribution in [2.75, 3.05) is 12.4 Å². The van der Waals surface area contributed by atoms with Gasteiger partial charge >= 0.3 is 0 Å². The van der Waals surface area contributed by atoms with E-state index in [1.54, 1.807) is 19.6 Å². The third-order valence-electron chi connectivity index (χ3n) is 4.22. The van der Waals surface area contributed by atoms with Gasteiger partial charge in [0.05, 0.1) is 13.4 Å². The molecule has 4 rings (SSSR count). The molecule has 0 saturated heterocycles. The van der Waals surface area contributed by atoms with E-state index < -0.39 is 0 Å². The van der Waals surface area contributed by atoms with Gasteiger partial charge in [0.1, 0.15) is 5.75 Å². The van der Waals surface area contributed by atoms with Gasteiger partial charge in [-0.2, -0.15) is 0 Å². The summed E-state index contributed by atoms with van der Waals surface area (Å²) >= 11 is 0. The number of fused-ring (bicyclic) bond motifs is 1. The van der Waals surface area contributed by atoms with Crippen LogP contribution in [0.2, 0.25) is 0 Å². The summed E-state index contributed by atoms with van der Waals surface area (Å²) in [6.07, 6.45) is 5.30. The summed E-state index contributed by atoms with van der Waals surface area (Å²) in [7, 11) is 1.64. The van der Waals surface area contributed by atoms with Gasteiger partial charge in [0.15, 0.2) is 0 Å². The molecule has 0 unspecified atom stereocenters. The van der Waals surface area contributed by atoms with E-state index in [4.69, 9.17) is 4.74 Å². The number of carbonyl (C=O) groups is 1. The minimum atomic E-state index is -0.148. The zero-order valence-electron chi connectivity index (χ0n) is 14.2. The fraction of sp³-hybridized carbons (Fsp3) is 0.0476. The summed E-state index contributed by atoms with van der Waals surface area (Å²) in [5, 5.41) is 4.97. The van der Waals surface area contributed by atoms with Crippen molar-refractivity contribution in [2.45, 2.75) is 0 Å². The van der Waals surface area contributed by atoms with Gasteiger partial charge in [0, 0.05) is 29.3 Å². The van der Waals surface area contributed by atoms with Crippen molar-refractivity contribution >= 4 is 22.4 Å². The molecule has 0 saturated carbocycles. The van der Waals surface area contributed by atoms with E-state index in [1.807, 2.05) is 71.4 Å². The third-order valence-corrected chi connectivity index (χ3v) is 4.22. The number of amides is 1. The summed E-state index contributed by atoms with van der Waals surface area (Å²) in [6.45, 7) is 0. The van der Waals surface area contributed by atoms with Crippen LogP contribution in [-0.2, 0) is 0 Å². The molecule has 0 aliphatic carbocycles. The van der Waals surface area contributed by atoms with Crippen molar-refractivity contribution in [2.24, 2.45) is 0 Å². The molecule has 5 heteroatoms. The Balaban J connectivity index is 1.58. The van der Waals surface area contributed by atoms with Crippen molar-refractivity contribution in [1.82, 2.24) is 9.55 Å². The molecule has 128 valence electrons. The molecule has 0 fully saturated rings. The van der Waals surface area contributed by atoms with Gasteiger partial charge in [0.25, 0.3) is 5.91 Å². The third kappa shape index (κ3) is 3.15. The Morgan fingerprint density at radius 2 is 1.88 bits per heavy atom. The summed E-state index contributed by atoms with van der Waals surface area (Å²) < 4.78 is 7.12. The SMILES string of the molecule is COc1ccc2cc(C(=O)Nc3cccc(-n4ccnc4)c3)ccc2c1. The molecule has 1 aromatic heterocycles. The van der Waals surface area contributed by atoms with Crippen molar-refractivity contribution in [1.29, 1.82) is 0 Å². The minimum Gasteiger partial charge on any atom is -0.497 e. The van der Waals surface area contributed by atoms with Crippen LogP contribution in [0.1, 0.15) is 10.4 Å². The highest BCUT2D eigenvalue weighted by Gasteiger charge is 2.08. The van der Waals surface area contributed by atoms with E-state index in [0.717, 1.165) is 27.9 Å². The van der Waals surface area contributed by atoms with Crippen LogP contribution in [0.5, 0.6) is 5.75 Å². The molecule has 1 N–H and O–H groups in total. The number of carbonyl (C=O) groups excluding carboxylic acids is 1. The van der Waals surface area contributed by atoms with Crippen LogP contribution in [-0.4, -0.2) is 22.6 Å². The fourth-order valence-corrected chi connectivity index (χ4v) is 2.85. The van der Waals surface area contributed by atoms with Gasteiger partial charge in [-0.05, 0) is 53.2 Å². The highest BCUT2D eigenvalue weighted by Crippen LogP contribution is 2.22. The Hall–Kier alpha value is -3.60. The molecule has 0 atom stereocenters. The fourth-order valence-electron chi connectivity index (χ4n) is 2.85. The standard InChI is InChI=1S/C21H17N3O2/c1-26-20-8-7-15-11-17(6-5-16(15)12-20)21(25)23-18-3-2-4-19(13-18)24-10-9-22-14-24/h2-14H,1H3,(H,23,25). The molecule has 0 aliphatic rings. The topological polar surface area (TPSA) is 56.1 Å². The molecule has 0 aliphatic heterocycles. The van der Waals surface area contributed by atoms with Crippen LogP contribution >= 0.6 is 0 Å². The Morgan fingerprint density at radius 3 is 2.69 bits per heavy atom. The highest BCUT2D eigenvalue weighted by molar-refractivity contribution is 6.06. The lowest BCUT2D eigenvalue weighted by atomic mass is 10.1. The molecule has 4 aromatic rings. The number of imidazole rings is 1. The predicted octanol–water partition coefficient (Wildman–Crippen LogP) is 4.29. The van der Waals surface area contributed by atoms with Gasteiger partial charge in [-0.1, -0.05) is 18.2 Å². The molecular weight excluding hydrogens is 326 g/mol. The molecule has 1 heterocycles. The molecule has 0 bridgehead atoms. The molecule has 0 radical (unpaired) electrons. The second kappa shape index (κ2) is 6.72. The minimum absolute atomic E-state index is 0.148. The number of rotatable bonds is 4. The maximum absolute atomic E-state index is 12.6. The van der Waals surface area contributed by atoms with Gasteiger partial charge in [-0.3, -0.25) is 4.79 Å². The molecule has 3 aromatic carbocycles. The van der Waals surface area contributed by atoms with E-state index in [-0.39, 0.29) is 5.91 Å². The smallest absolute Gasteiger partial charge is 0.255 e. The summed E-state index contributed by atoms with van der Waals surface area (Å²) in [4.78, 5) is 16.7. The summed E-state index contributed by atoms with van der Waals surface area (Å²) in [5.41, 5.74) is 2.28. The number of ether oxygens (including phenoxy) is 1. The number of nitrogens with zero attached hydrogens (tertiary/aromatic N) is 2. The summed E-state index contributed by atoms with van der Waals surface area (Å²) in [6, 6.07) is 19.0. The Morgan fingerprint density at radius 1 is 1.04 bits per heavy atom. The second-order valence-corrected chi connectivity index (χ2v) is 5.90. The van der Waals surface area contributed by atoms with Crippen LogP contribution in [0.3, 0.4) is 0 Å². The van der Waals surface area contributed by atoms with Gasteiger partial charge in [-0.15, -0.1) is 0 Å². The highest BCUT2D eigenvalue weighted by atomic mass is 16.5. The van der Waals surface area contributed by atoms with Crippen molar-refractivity contribution in [3.63, 3.8) is 0 Å². The van der Waals surface area contributed by atoms with Crippen molar-refractivity contribution < 1.29 is 9.53 Å². The van der Waals surface area contributed by atoms with Crippen LogP contribution in [0.4, 0.5) is 5.69 Å². The first-order chi connectivity index (χ1) is 12.7. The van der Waals surface area contributed by atoms with E-state index in [1.165, 1.54) is 0 Å². The lowest BCUT2D eigenvalue weighted by molar-refractivity contribution is 0.102. The zero-order chi connectivity index (χ0) is 17.9. The largest absolute Gasteiger partial charge is 0.497 e. The monoisotopic (exact) mass is 343 g/mol. The number of benzene rings is 3. The normalized spacial score (nSPS) is 10.7. The van der Waals surface area contributed by atoms with Crippen LogP contribution in [0.15, 0.2) is 79.4 Å². The lowest BCUT2D eigenvalue weighted by Crippen LogP contribution is -2.12. The molecular formula is C21H17N3O2. The van der Waals surface area contributed by atoms with E-state index in [2.05, 4.69) is 10.3 Å². The second-order valence-electron chi connectivity index (χ2n) is 5.90. The quantitative estimate of drug-likeness (QED) is 0.601. The number of methoxy groups -OCH3 is 1. The Bertz CT molecular complexity index is 1070. The predicted molar refractivity (Wildman–Crippen MR) is 102 cm³/mol. The van der Waals surface area contributed by atoms with E-state index in [9.17, 15) is 4.79 Å². The average molecular weight is 343 g/mol. The molecule has 5 nitrogen and oxygen atoms in total. The lowest BCUT2D eigenvalue weighted by Gasteiger charge is -2.09. The van der Waals surface area contributed by atoms with Gasteiger partial charge < -0.3 is 14.6 Å².